The van der Waals surface area contributed by atoms with Gasteiger partial charge in [-0.2, -0.15) is 21.6 Å². The van der Waals surface area contributed by atoms with Crippen molar-refractivity contribution in [1.82, 2.24) is 0 Å². The smallest absolute Gasteiger partial charge is 0.475 e. The van der Waals surface area contributed by atoms with E-state index in [1.165, 1.54) is 53.4 Å². The summed E-state index contributed by atoms with van der Waals surface area (Å²) in [4.78, 5) is 9.60. The lowest BCUT2D eigenvalue weighted by atomic mass is 10.3. The van der Waals surface area contributed by atoms with E-state index in [2.05, 4.69) is 19.7 Å². The highest BCUT2D eigenvalue weighted by atomic mass is 79.9. The van der Waals surface area contributed by atoms with E-state index >= 15 is 0 Å². The number of thioether (sulfide) groups is 1. The fourth-order valence-corrected chi connectivity index (χ4v) is 9.58. The number of nitrogens with zero attached hydrogens (tertiary/aromatic N) is 1. The van der Waals surface area contributed by atoms with Gasteiger partial charge >= 0.3 is 12.1 Å². The molecule has 1 atom stereocenters. The summed E-state index contributed by atoms with van der Waals surface area (Å²) in [5.74, 6) is -2.95. The minimum atomic E-state index is -5.08. The number of nitrogens with one attached hydrogen (secondary N) is 1. The first-order valence-corrected chi connectivity index (χ1v) is 15.3. The van der Waals surface area contributed by atoms with E-state index in [9.17, 15) is 25.8 Å². The zero-order chi connectivity index (χ0) is 28.2. The maximum absolute atomic E-state index is 14.3. The number of alkyl halides is 3. The van der Waals surface area contributed by atoms with Crippen LogP contribution in [0.2, 0.25) is 0 Å². The zero-order valence-corrected chi connectivity index (χ0v) is 23.4. The van der Waals surface area contributed by atoms with Crippen LogP contribution in [0.5, 0.6) is 0 Å². The summed E-state index contributed by atoms with van der Waals surface area (Å²) in [6.07, 6.45) is -3.31. The molecular formula is C20H18BrF3N4O5S4. The Morgan fingerprint density at radius 1 is 1.11 bits per heavy atom. The van der Waals surface area contributed by atoms with E-state index in [1.807, 2.05) is 0 Å². The molecule has 0 fully saturated rings. The number of hydrogen-bond donors (Lipinski definition) is 4. The highest BCUT2D eigenvalue weighted by molar-refractivity contribution is 9.10. The molecular weight excluding hydrogens is 641 g/mol. The van der Waals surface area contributed by atoms with Crippen LogP contribution in [0.15, 0.2) is 81.7 Å². The van der Waals surface area contributed by atoms with Crippen LogP contribution in [0, 0.1) is 5.41 Å². The van der Waals surface area contributed by atoms with Crippen LogP contribution in [0.4, 0.5) is 18.9 Å². The molecule has 9 nitrogen and oxygen atoms in total. The molecule has 1 aromatic heterocycles. The molecule has 0 bridgehead atoms. The molecule has 0 spiro atoms. The molecule has 200 valence electrons. The van der Waals surface area contributed by atoms with Crippen molar-refractivity contribution in [3.05, 3.63) is 63.9 Å². The van der Waals surface area contributed by atoms with Gasteiger partial charge < -0.3 is 16.6 Å². The fourth-order valence-electron chi connectivity index (χ4n) is 2.50. The van der Waals surface area contributed by atoms with Gasteiger partial charge in [0.15, 0.2) is 0 Å². The van der Waals surface area contributed by atoms with Gasteiger partial charge in [-0.05, 0) is 54.8 Å². The number of amidine groups is 1. The zero-order valence-electron chi connectivity index (χ0n) is 18.5. The molecule has 37 heavy (non-hydrogen) atoms. The molecule has 2 aromatic carbocycles. The average Bonchev–Trinajstić information content (AvgIpc) is 3.24. The molecule has 0 saturated heterocycles. The van der Waals surface area contributed by atoms with E-state index < -0.39 is 31.9 Å². The number of benzene rings is 2. The van der Waals surface area contributed by atoms with Gasteiger partial charge in [-0.1, -0.05) is 25.8 Å². The predicted molar refractivity (Wildman–Crippen MR) is 140 cm³/mol. The topological polar surface area (TPSA) is 177 Å². The first-order chi connectivity index (χ1) is 17.0. The van der Waals surface area contributed by atoms with Gasteiger partial charge in [-0.25, -0.2) is 9.00 Å². The molecule has 0 radical (unpaired) electrons. The van der Waals surface area contributed by atoms with Gasteiger partial charge in [0.1, 0.15) is 15.6 Å². The molecule has 1 unspecified atom stereocenters. The molecule has 3 aromatic rings. The summed E-state index contributed by atoms with van der Waals surface area (Å²) in [6, 6.07) is 13.5. The molecule has 0 saturated carbocycles. The van der Waals surface area contributed by atoms with Crippen molar-refractivity contribution >= 4 is 76.3 Å². The molecule has 6 N–H and O–H groups in total. The number of aliphatic carboxylic acids is 1. The number of halogens is 4. The van der Waals surface area contributed by atoms with Crippen LogP contribution in [0.1, 0.15) is 4.88 Å². The van der Waals surface area contributed by atoms with Crippen molar-refractivity contribution < 1.29 is 35.7 Å². The quantitative estimate of drug-likeness (QED) is 0.124. The average molecular weight is 660 g/mol. The number of carboxylic acid groups (broad SMARTS) is 1. The third-order valence-corrected chi connectivity index (χ3v) is 11.5. The second-order valence-corrected chi connectivity index (χ2v) is 13.8. The van der Waals surface area contributed by atoms with Crippen molar-refractivity contribution in [3.8, 4) is 0 Å². The predicted octanol–water partition coefficient (Wildman–Crippen LogP) is 5.01. The maximum atomic E-state index is 14.3. The standard InChI is InChI=1S/C18H17BrN4O3S4.C2HF3O2/c1-27-18-16(10-15(28-18)17(21)22)29(24,14-4-2-3-11(19)9-14)23-30(25,26)13-7-5-12(20)6-8-13;3-2(4,5)1(6)7/h2-10H,20H2,1H3,(H3,21,22);(H,6,7). The van der Waals surface area contributed by atoms with Gasteiger partial charge in [-0.3, -0.25) is 5.41 Å². The molecule has 0 aliphatic rings. The Bertz CT molecular complexity index is 1550. The first kappa shape index (κ1) is 30.6. The van der Waals surface area contributed by atoms with Gasteiger partial charge in [0.25, 0.3) is 10.0 Å². The Morgan fingerprint density at radius 3 is 2.14 bits per heavy atom. The molecule has 1 heterocycles. The summed E-state index contributed by atoms with van der Waals surface area (Å²) in [5, 5.41) is 14.8. The number of carbonyl (C=O) groups is 1. The van der Waals surface area contributed by atoms with Crippen molar-refractivity contribution in [2.24, 2.45) is 9.50 Å². The molecule has 0 aliphatic carbocycles. The summed E-state index contributed by atoms with van der Waals surface area (Å²) in [5.41, 5.74) is 11.7. The SMILES string of the molecule is CSc1sc(C(=N)N)cc1S(=O)(=NS(=O)(=O)c1ccc(N)cc1)c1cccc(Br)c1.O=C(O)C(F)(F)F. The largest absolute Gasteiger partial charge is 0.490 e. The number of hydrogen-bond acceptors (Lipinski definition) is 8. The lowest BCUT2D eigenvalue weighted by molar-refractivity contribution is -0.192. The first-order valence-electron chi connectivity index (χ1n) is 9.48. The second kappa shape index (κ2) is 11.8. The number of nitrogens with two attached hydrogens (primary N) is 2. The lowest BCUT2D eigenvalue weighted by Gasteiger charge is -2.12. The van der Waals surface area contributed by atoms with Crippen molar-refractivity contribution in [2.45, 2.75) is 25.1 Å². The lowest BCUT2D eigenvalue weighted by Crippen LogP contribution is -2.21. The van der Waals surface area contributed by atoms with Crippen molar-refractivity contribution in [2.75, 3.05) is 12.0 Å². The van der Waals surface area contributed by atoms with Crippen LogP contribution in [0.3, 0.4) is 0 Å². The van der Waals surface area contributed by atoms with E-state index in [1.54, 1.807) is 30.5 Å². The highest BCUT2D eigenvalue weighted by Gasteiger charge is 2.38. The number of anilines is 1. The number of rotatable bonds is 6. The summed E-state index contributed by atoms with van der Waals surface area (Å²) < 4.78 is 77.3. The van der Waals surface area contributed by atoms with Gasteiger partial charge in [0, 0.05) is 10.2 Å². The van der Waals surface area contributed by atoms with Crippen LogP contribution in [-0.2, 0) is 24.5 Å². The molecule has 0 amide bonds. The van der Waals surface area contributed by atoms with E-state index in [-0.39, 0.29) is 20.5 Å². The number of thiophene rings is 1. The normalized spacial score (nSPS) is 13.1. The van der Waals surface area contributed by atoms with Crippen LogP contribution >= 0.6 is 39.0 Å². The Balaban J connectivity index is 0.000000604. The minimum absolute atomic E-state index is 0.118. The molecule has 17 heteroatoms. The van der Waals surface area contributed by atoms with Crippen LogP contribution < -0.4 is 11.5 Å². The summed E-state index contributed by atoms with van der Waals surface area (Å²) in [7, 11) is -7.92. The molecule has 3 rings (SSSR count). The number of carboxylic acids is 1. The van der Waals surface area contributed by atoms with E-state index in [0.29, 0.717) is 19.2 Å². The maximum Gasteiger partial charge on any atom is 0.490 e. The third kappa shape index (κ3) is 7.70. The fraction of sp³-hybridized carbons (Fsp3) is 0.100. The van der Waals surface area contributed by atoms with Crippen molar-refractivity contribution in [1.29, 1.82) is 5.41 Å². The van der Waals surface area contributed by atoms with Gasteiger partial charge in [0.05, 0.1) is 23.8 Å². The van der Waals surface area contributed by atoms with Crippen molar-refractivity contribution in [3.63, 3.8) is 0 Å². The Labute approximate surface area is 226 Å². The van der Waals surface area contributed by atoms with Gasteiger partial charge in [0.2, 0.25) is 0 Å². The van der Waals surface area contributed by atoms with E-state index in [0.717, 1.165) is 0 Å². The Kier molecular flexibility index (Phi) is 9.81. The van der Waals surface area contributed by atoms with E-state index in [4.69, 9.17) is 26.8 Å². The summed E-state index contributed by atoms with van der Waals surface area (Å²) in [6.45, 7) is 0. The minimum Gasteiger partial charge on any atom is -0.475 e. The number of sulfonamides is 1. The third-order valence-electron chi connectivity index (χ3n) is 4.15. The molecule has 0 aliphatic heterocycles. The Hall–Kier alpha value is -2.60. The van der Waals surface area contributed by atoms with Gasteiger partial charge in [-0.15, -0.1) is 23.1 Å². The highest BCUT2D eigenvalue weighted by Crippen LogP contribution is 2.39. The summed E-state index contributed by atoms with van der Waals surface area (Å²) >= 11 is 5.79. The second-order valence-electron chi connectivity index (χ2n) is 6.78. The van der Waals surface area contributed by atoms with Crippen LogP contribution in [0.25, 0.3) is 0 Å². The van der Waals surface area contributed by atoms with Crippen LogP contribution in [-0.4, -0.2) is 42.0 Å². The monoisotopic (exact) mass is 658 g/mol. The Morgan fingerprint density at radius 2 is 1.68 bits per heavy atom. The number of nitrogen functional groups attached to an aromatic ring is 2.